The van der Waals surface area contributed by atoms with Crippen LogP contribution >= 0.6 is 0 Å². The maximum Gasteiger partial charge on any atom is 0.303 e. The Kier molecular flexibility index (Phi) is 22.3. The summed E-state index contributed by atoms with van der Waals surface area (Å²) in [5.41, 5.74) is 0. The van der Waals surface area contributed by atoms with Crippen molar-refractivity contribution in [2.75, 3.05) is 26.2 Å². The van der Waals surface area contributed by atoms with Crippen molar-refractivity contribution >= 4 is 17.9 Å². The number of allylic oxidation sites excluding steroid dienone is 2. The fourth-order valence-corrected chi connectivity index (χ4v) is 4.84. The molecule has 7 heteroatoms. The van der Waals surface area contributed by atoms with E-state index in [1.807, 2.05) is 0 Å². The van der Waals surface area contributed by atoms with Crippen molar-refractivity contribution < 1.29 is 34.2 Å². The van der Waals surface area contributed by atoms with E-state index in [0.29, 0.717) is 19.3 Å². The number of rotatable bonds is 27. The van der Waals surface area contributed by atoms with Crippen LogP contribution in [0.25, 0.3) is 0 Å². The zero-order valence-corrected chi connectivity index (χ0v) is 22.9. The molecule has 0 aliphatic rings. The van der Waals surface area contributed by atoms with Crippen LogP contribution in [0.4, 0.5) is 0 Å². The summed E-state index contributed by atoms with van der Waals surface area (Å²) in [6.45, 7) is 5.87. The molecule has 0 amide bonds. The van der Waals surface area contributed by atoms with Crippen LogP contribution in [0.1, 0.15) is 129 Å². The van der Waals surface area contributed by atoms with Crippen molar-refractivity contribution in [3.8, 4) is 0 Å². The molecule has 0 bridgehead atoms. The average molecular weight is 513 g/mol. The Balaban J connectivity index is 4.66. The molecule has 0 fully saturated rings. The van der Waals surface area contributed by atoms with Crippen molar-refractivity contribution in [1.82, 2.24) is 0 Å². The number of carboxylic acids is 3. The van der Waals surface area contributed by atoms with E-state index in [1.165, 1.54) is 57.8 Å². The number of carboxylic acid groups (broad SMARTS) is 3. The van der Waals surface area contributed by atoms with E-state index in [1.54, 1.807) is 0 Å². The zero-order valence-electron chi connectivity index (χ0n) is 22.9. The van der Waals surface area contributed by atoms with Crippen molar-refractivity contribution in [2.45, 2.75) is 129 Å². The molecular weight excluding hydrogens is 458 g/mol. The molecule has 0 saturated heterocycles. The first-order valence-corrected chi connectivity index (χ1v) is 14.5. The topological polar surface area (TPSA) is 112 Å². The van der Waals surface area contributed by atoms with Crippen molar-refractivity contribution in [3.05, 3.63) is 12.2 Å². The van der Waals surface area contributed by atoms with Gasteiger partial charge in [0, 0.05) is 19.3 Å². The normalized spacial score (nSPS) is 11.8. The van der Waals surface area contributed by atoms with E-state index >= 15 is 0 Å². The zero-order chi connectivity index (χ0) is 26.9. The molecule has 0 unspecified atom stereocenters. The van der Waals surface area contributed by atoms with Gasteiger partial charge in [-0.3, -0.25) is 14.4 Å². The minimum atomic E-state index is -0.770. The van der Waals surface area contributed by atoms with E-state index in [2.05, 4.69) is 19.1 Å². The molecule has 0 saturated carbocycles. The van der Waals surface area contributed by atoms with E-state index in [-0.39, 0.29) is 19.3 Å². The highest BCUT2D eigenvalue weighted by Crippen LogP contribution is 2.19. The van der Waals surface area contributed by atoms with Gasteiger partial charge in [-0.05, 0) is 70.6 Å². The molecule has 0 aromatic heterocycles. The summed E-state index contributed by atoms with van der Waals surface area (Å²) in [4.78, 5) is 32.9. The molecule has 0 aliphatic heterocycles. The summed E-state index contributed by atoms with van der Waals surface area (Å²) < 4.78 is 0.864. The maximum absolute atomic E-state index is 11.0. The lowest BCUT2D eigenvalue weighted by atomic mass is 10.1. The van der Waals surface area contributed by atoms with E-state index in [0.717, 1.165) is 56.3 Å². The van der Waals surface area contributed by atoms with Gasteiger partial charge >= 0.3 is 17.9 Å². The Morgan fingerprint density at radius 2 is 0.833 bits per heavy atom. The molecule has 0 rings (SSSR count). The van der Waals surface area contributed by atoms with Gasteiger partial charge in [0.05, 0.1) is 26.2 Å². The maximum atomic E-state index is 11.0. The Morgan fingerprint density at radius 3 is 1.22 bits per heavy atom. The molecule has 36 heavy (non-hydrogen) atoms. The molecule has 0 spiro atoms. The summed E-state index contributed by atoms with van der Waals surface area (Å²) in [5, 5.41) is 27.0. The third-order valence-electron chi connectivity index (χ3n) is 6.94. The van der Waals surface area contributed by atoms with Gasteiger partial charge in [-0.2, -0.15) is 0 Å². The Labute approximate surface area is 219 Å². The van der Waals surface area contributed by atoms with Crippen LogP contribution in [0.5, 0.6) is 0 Å². The van der Waals surface area contributed by atoms with Crippen LogP contribution in [0.2, 0.25) is 0 Å². The molecule has 0 atom stereocenters. The molecule has 0 aromatic carbocycles. The molecular formula is C29H54NO6+. The fraction of sp³-hybridized carbons (Fsp3) is 0.828. The van der Waals surface area contributed by atoms with Crippen LogP contribution < -0.4 is 0 Å². The standard InChI is InChI=1S/C29H53NO6/c1-2-3-4-5-6-7-8-9-10-11-12-16-23-30(24-17-13-20-27(31)32,25-18-14-21-28(33)34)26-19-15-22-29(35)36/h4-5H,2-3,6-26H2,1H3,(H2-,31,32,33,34,35,36)/p+1/b5-4+. The minimum absolute atomic E-state index is 0.173. The highest BCUT2D eigenvalue weighted by molar-refractivity contribution is 5.67. The summed E-state index contributed by atoms with van der Waals surface area (Å²) in [5.74, 6) is -2.31. The first-order chi connectivity index (χ1) is 17.3. The van der Waals surface area contributed by atoms with Gasteiger partial charge in [0.2, 0.25) is 0 Å². The van der Waals surface area contributed by atoms with Crippen molar-refractivity contribution in [2.24, 2.45) is 0 Å². The third kappa shape index (κ3) is 22.6. The van der Waals surface area contributed by atoms with Crippen molar-refractivity contribution in [1.29, 1.82) is 0 Å². The SMILES string of the molecule is CCC/C=C/CCCCCCCCC[N+](CCCCC(=O)O)(CCCCC(=O)O)CCCCC(=O)O. The van der Waals surface area contributed by atoms with Gasteiger partial charge in [0.1, 0.15) is 0 Å². The van der Waals surface area contributed by atoms with Crippen LogP contribution in [-0.2, 0) is 14.4 Å². The molecule has 7 nitrogen and oxygen atoms in total. The molecule has 0 aliphatic carbocycles. The summed E-state index contributed by atoms with van der Waals surface area (Å²) in [6.07, 6.45) is 21.7. The number of quaternary nitrogens is 1. The lowest BCUT2D eigenvalue weighted by molar-refractivity contribution is -0.929. The first-order valence-electron chi connectivity index (χ1n) is 14.5. The third-order valence-corrected chi connectivity index (χ3v) is 6.94. The quantitative estimate of drug-likeness (QED) is 0.0618. The van der Waals surface area contributed by atoms with Crippen LogP contribution in [0, 0.1) is 0 Å². The molecule has 0 radical (unpaired) electrons. The minimum Gasteiger partial charge on any atom is -0.481 e. The predicted molar refractivity (Wildman–Crippen MR) is 145 cm³/mol. The molecule has 210 valence electrons. The van der Waals surface area contributed by atoms with Crippen LogP contribution in [0.3, 0.4) is 0 Å². The number of nitrogens with zero attached hydrogens (tertiary/aromatic N) is 1. The highest BCUT2D eigenvalue weighted by atomic mass is 16.4. The van der Waals surface area contributed by atoms with Crippen LogP contribution in [0.15, 0.2) is 12.2 Å². The average Bonchev–Trinajstić information content (AvgIpc) is 2.82. The number of unbranched alkanes of at least 4 members (excludes halogenated alkanes) is 11. The van der Waals surface area contributed by atoms with Crippen molar-refractivity contribution in [3.63, 3.8) is 0 Å². The predicted octanol–water partition coefficient (Wildman–Crippen LogP) is 7.05. The number of hydrogen-bond acceptors (Lipinski definition) is 3. The van der Waals surface area contributed by atoms with Gasteiger partial charge in [-0.25, -0.2) is 0 Å². The molecule has 0 aromatic rings. The largest absolute Gasteiger partial charge is 0.481 e. The second-order valence-electron chi connectivity index (χ2n) is 10.3. The summed E-state index contributed by atoms with van der Waals surface area (Å²) in [7, 11) is 0. The molecule has 0 heterocycles. The fourth-order valence-electron chi connectivity index (χ4n) is 4.84. The first kappa shape index (κ1) is 34.1. The Bertz CT molecular complexity index is 550. The van der Waals surface area contributed by atoms with Gasteiger partial charge in [0.25, 0.3) is 0 Å². The van der Waals surface area contributed by atoms with Gasteiger partial charge < -0.3 is 19.8 Å². The van der Waals surface area contributed by atoms with Gasteiger partial charge in [-0.1, -0.05) is 51.2 Å². The van der Waals surface area contributed by atoms with E-state index in [4.69, 9.17) is 15.3 Å². The molecule has 3 N–H and O–H groups in total. The van der Waals surface area contributed by atoms with E-state index < -0.39 is 17.9 Å². The lowest BCUT2D eigenvalue weighted by Crippen LogP contribution is -2.51. The number of aliphatic carboxylic acids is 3. The monoisotopic (exact) mass is 512 g/mol. The summed E-state index contributed by atoms with van der Waals surface area (Å²) >= 11 is 0. The smallest absolute Gasteiger partial charge is 0.303 e. The lowest BCUT2D eigenvalue weighted by Gasteiger charge is -2.39. The van der Waals surface area contributed by atoms with E-state index in [9.17, 15) is 14.4 Å². The van der Waals surface area contributed by atoms with Gasteiger partial charge in [0.15, 0.2) is 0 Å². The number of hydrogen-bond donors (Lipinski definition) is 3. The second kappa shape index (κ2) is 23.5. The second-order valence-corrected chi connectivity index (χ2v) is 10.3. The highest BCUT2D eigenvalue weighted by Gasteiger charge is 2.26. The van der Waals surface area contributed by atoms with Gasteiger partial charge in [-0.15, -0.1) is 0 Å². The Morgan fingerprint density at radius 1 is 0.500 bits per heavy atom. The Hall–Kier alpha value is -1.89. The summed E-state index contributed by atoms with van der Waals surface area (Å²) in [6, 6.07) is 0. The number of carbonyl (C=O) groups is 3. The van der Waals surface area contributed by atoms with Crippen LogP contribution in [-0.4, -0.2) is 63.9 Å².